The largest absolute Gasteiger partial charge is 0.338 e. The number of carbonyl (C=O) groups is 1. The molecular weight excluding hydrogens is 348 g/mol. The van der Waals surface area contributed by atoms with Crippen LogP contribution in [0, 0.1) is 11.6 Å². The van der Waals surface area contributed by atoms with Gasteiger partial charge in [-0.15, -0.1) is 11.8 Å². The molecule has 0 radical (unpaired) electrons. The van der Waals surface area contributed by atoms with Crippen molar-refractivity contribution < 1.29 is 18.1 Å². The summed E-state index contributed by atoms with van der Waals surface area (Å²) in [6.07, 6.45) is 0. The number of nitrogens with one attached hydrogen (secondary N) is 1. The predicted octanol–water partition coefficient (Wildman–Crippen LogP) is 3.89. The van der Waals surface area contributed by atoms with Crippen LogP contribution in [0.4, 0.5) is 14.5 Å². The molecule has 3 rings (SSSR count). The van der Waals surface area contributed by atoms with Crippen LogP contribution >= 0.6 is 11.8 Å². The number of para-hydroxylation sites is 1. The highest BCUT2D eigenvalue weighted by molar-refractivity contribution is 7.99. The fourth-order valence-corrected chi connectivity index (χ4v) is 2.69. The Morgan fingerprint density at radius 3 is 2.80 bits per heavy atom. The van der Waals surface area contributed by atoms with Crippen LogP contribution in [0.25, 0.3) is 11.4 Å². The molecule has 0 aliphatic carbocycles. The van der Waals surface area contributed by atoms with Gasteiger partial charge in [0.15, 0.2) is 0 Å². The Kier molecular flexibility index (Phi) is 5.39. The molecule has 0 saturated heterocycles. The highest BCUT2D eigenvalue weighted by atomic mass is 32.2. The molecule has 8 heteroatoms. The lowest BCUT2D eigenvalue weighted by atomic mass is 10.2. The molecule has 1 amide bonds. The second-order valence-corrected chi connectivity index (χ2v) is 6.03. The zero-order valence-electron chi connectivity index (χ0n) is 12.9. The zero-order chi connectivity index (χ0) is 17.6. The van der Waals surface area contributed by atoms with E-state index in [0.29, 0.717) is 17.2 Å². The maximum absolute atomic E-state index is 13.4. The number of hydrogen-bond donors (Lipinski definition) is 1. The summed E-state index contributed by atoms with van der Waals surface area (Å²) in [6, 6.07) is 11.8. The van der Waals surface area contributed by atoms with Gasteiger partial charge < -0.3 is 9.84 Å². The van der Waals surface area contributed by atoms with Crippen molar-refractivity contribution in [2.75, 3.05) is 11.1 Å². The van der Waals surface area contributed by atoms with E-state index in [2.05, 4.69) is 15.5 Å². The van der Waals surface area contributed by atoms with Crippen LogP contribution in [0.2, 0.25) is 0 Å². The maximum atomic E-state index is 13.4. The number of thioether (sulfide) groups is 1. The molecule has 3 aromatic rings. The first kappa shape index (κ1) is 17.1. The van der Waals surface area contributed by atoms with Crippen LogP contribution in [-0.4, -0.2) is 21.8 Å². The van der Waals surface area contributed by atoms with Gasteiger partial charge in [-0.1, -0.05) is 29.4 Å². The van der Waals surface area contributed by atoms with E-state index in [9.17, 15) is 13.6 Å². The molecule has 0 atom stereocenters. The number of anilines is 1. The van der Waals surface area contributed by atoms with E-state index in [0.717, 1.165) is 0 Å². The van der Waals surface area contributed by atoms with E-state index in [-0.39, 0.29) is 29.0 Å². The Labute approximate surface area is 146 Å². The summed E-state index contributed by atoms with van der Waals surface area (Å²) in [5, 5.41) is 6.28. The average Bonchev–Trinajstić information content (AvgIpc) is 3.06. The fraction of sp³-hybridized carbons (Fsp3) is 0.118. The topological polar surface area (TPSA) is 68.0 Å². The van der Waals surface area contributed by atoms with Crippen molar-refractivity contribution in [3.05, 3.63) is 66.1 Å². The molecule has 0 spiro atoms. The van der Waals surface area contributed by atoms with Gasteiger partial charge in [0.1, 0.15) is 11.6 Å². The minimum absolute atomic E-state index is 0.103. The smallest absolute Gasteiger partial charge is 0.236 e. The summed E-state index contributed by atoms with van der Waals surface area (Å²) in [6.45, 7) is 0. The molecule has 5 nitrogen and oxygen atoms in total. The minimum Gasteiger partial charge on any atom is -0.338 e. The van der Waals surface area contributed by atoms with Gasteiger partial charge in [-0.05, 0) is 24.3 Å². The molecule has 1 aromatic heterocycles. The zero-order valence-corrected chi connectivity index (χ0v) is 13.7. The number of aromatic nitrogens is 2. The van der Waals surface area contributed by atoms with E-state index in [1.807, 2.05) is 0 Å². The SMILES string of the molecule is O=C(CSCc1nc(-c2cccc(F)c2)no1)Nc1ccccc1F. The van der Waals surface area contributed by atoms with Crippen molar-refractivity contribution in [2.45, 2.75) is 5.75 Å². The molecule has 1 heterocycles. The van der Waals surface area contributed by atoms with E-state index < -0.39 is 5.82 Å². The van der Waals surface area contributed by atoms with E-state index in [1.165, 1.54) is 36.0 Å². The van der Waals surface area contributed by atoms with Crippen molar-refractivity contribution in [3.63, 3.8) is 0 Å². The molecule has 1 N–H and O–H groups in total. The normalized spacial score (nSPS) is 10.6. The van der Waals surface area contributed by atoms with Crippen LogP contribution < -0.4 is 5.32 Å². The van der Waals surface area contributed by atoms with Gasteiger partial charge in [0, 0.05) is 5.56 Å². The summed E-state index contributed by atoms with van der Waals surface area (Å²) in [5.41, 5.74) is 0.650. The number of rotatable bonds is 6. The van der Waals surface area contributed by atoms with Crippen molar-refractivity contribution in [1.29, 1.82) is 0 Å². The van der Waals surface area contributed by atoms with Crippen LogP contribution in [-0.2, 0) is 10.5 Å². The van der Waals surface area contributed by atoms with Gasteiger partial charge in [0.25, 0.3) is 0 Å². The fourth-order valence-electron chi connectivity index (χ4n) is 2.04. The van der Waals surface area contributed by atoms with Crippen molar-refractivity contribution in [1.82, 2.24) is 10.1 Å². The second kappa shape index (κ2) is 7.89. The lowest BCUT2D eigenvalue weighted by Crippen LogP contribution is -2.15. The van der Waals surface area contributed by atoms with Crippen LogP contribution in [0.1, 0.15) is 5.89 Å². The first-order valence-corrected chi connectivity index (χ1v) is 8.48. The summed E-state index contributed by atoms with van der Waals surface area (Å²) >= 11 is 1.25. The third kappa shape index (κ3) is 4.63. The monoisotopic (exact) mass is 361 g/mol. The molecule has 0 bridgehead atoms. The third-order valence-corrected chi connectivity index (χ3v) is 4.07. The highest BCUT2D eigenvalue weighted by Gasteiger charge is 2.11. The van der Waals surface area contributed by atoms with Gasteiger partial charge in [-0.25, -0.2) is 8.78 Å². The van der Waals surface area contributed by atoms with E-state index in [1.54, 1.807) is 24.3 Å². The number of halogens is 2. The lowest BCUT2D eigenvalue weighted by Gasteiger charge is -2.05. The Hall–Kier alpha value is -2.74. The van der Waals surface area contributed by atoms with Crippen molar-refractivity contribution in [2.24, 2.45) is 0 Å². The Morgan fingerprint density at radius 1 is 1.16 bits per heavy atom. The lowest BCUT2D eigenvalue weighted by molar-refractivity contribution is -0.113. The van der Waals surface area contributed by atoms with Gasteiger partial charge in [-0.2, -0.15) is 4.98 Å². The van der Waals surface area contributed by atoms with Gasteiger partial charge in [0.2, 0.25) is 17.6 Å². The number of nitrogens with zero attached hydrogens (tertiary/aromatic N) is 2. The third-order valence-electron chi connectivity index (χ3n) is 3.16. The van der Waals surface area contributed by atoms with Crippen molar-refractivity contribution >= 4 is 23.4 Å². The van der Waals surface area contributed by atoms with Gasteiger partial charge in [0.05, 0.1) is 17.2 Å². The Bertz CT molecular complexity index is 886. The Morgan fingerprint density at radius 2 is 2.00 bits per heavy atom. The predicted molar refractivity (Wildman–Crippen MR) is 90.9 cm³/mol. The van der Waals surface area contributed by atoms with Crippen LogP contribution in [0.5, 0.6) is 0 Å². The molecular formula is C17H13F2N3O2S. The number of benzene rings is 2. The van der Waals surface area contributed by atoms with E-state index in [4.69, 9.17) is 4.52 Å². The molecule has 2 aromatic carbocycles. The quantitative estimate of drug-likeness (QED) is 0.721. The first-order valence-electron chi connectivity index (χ1n) is 7.32. The first-order chi connectivity index (χ1) is 12.1. The molecule has 0 fully saturated rings. The summed E-state index contributed by atoms with van der Waals surface area (Å²) in [5.74, 6) is -0.187. The summed E-state index contributed by atoms with van der Waals surface area (Å²) < 4.78 is 31.7. The second-order valence-electron chi connectivity index (χ2n) is 5.04. The Balaban J connectivity index is 1.51. The average molecular weight is 361 g/mol. The maximum Gasteiger partial charge on any atom is 0.236 e. The molecule has 0 aliphatic rings. The molecule has 0 unspecified atom stereocenters. The van der Waals surface area contributed by atoms with Gasteiger partial charge in [-0.3, -0.25) is 4.79 Å². The van der Waals surface area contributed by atoms with E-state index >= 15 is 0 Å². The van der Waals surface area contributed by atoms with Gasteiger partial charge >= 0.3 is 0 Å². The summed E-state index contributed by atoms with van der Waals surface area (Å²) in [7, 11) is 0. The van der Waals surface area contributed by atoms with Crippen molar-refractivity contribution in [3.8, 4) is 11.4 Å². The number of amides is 1. The minimum atomic E-state index is -0.488. The molecule has 0 saturated carbocycles. The number of carbonyl (C=O) groups excluding carboxylic acids is 1. The number of hydrogen-bond acceptors (Lipinski definition) is 5. The highest BCUT2D eigenvalue weighted by Crippen LogP contribution is 2.19. The summed E-state index contributed by atoms with van der Waals surface area (Å²) in [4.78, 5) is 16.0. The molecule has 25 heavy (non-hydrogen) atoms. The molecule has 0 aliphatic heterocycles. The van der Waals surface area contributed by atoms with Crippen LogP contribution in [0.3, 0.4) is 0 Å². The molecule has 128 valence electrons. The standard InChI is InChI=1S/C17H13F2N3O2S/c18-12-5-3-4-11(8-12)17-21-16(24-22-17)10-25-9-15(23)20-14-7-2-1-6-13(14)19/h1-8H,9-10H2,(H,20,23). The van der Waals surface area contributed by atoms with Crippen LogP contribution in [0.15, 0.2) is 53.1 Å².